The van der Waals surface area contributed by atoms with Gasteiger partial charge in [0.2, 0.25) is 5.78 Å². The molecule has 3 nitrogen and oxygen atoms in total. The number of ketones is 1. The van der Waals surface area contributed by atoms with Gasteiger partial charge in [-0.1, -0.05) is 23.2 Å². The van der Waals surface area contributed by atoms with Crippen molar-refractivity contribution in [1.29, 1.82) is 0 Å². The van der Waals surface area contributed by atoms with Crippen molar-refractivity contribution in [3.8, 4) is 0 Å². The Morgan fingerprint density at radius 1 is 1.41 bits per heavy atom. The summed E-state index contributed by atoms with van der Waals surface area (Å²) >= 11 is 11.4. The third kappa shape index (κ3) is 3.41. The van der Waals surface area contributed by atoms with E-state index in [1.54, 1.807) is 0 Å². The molecule has 1 rings (SSSR count). The molecule has 1 unspecified atom stereocenters. The van der Waals surface area contributed by atoms with Crippen molar-refractivity contribution in [2.45, 2.75) is 13.1 Å². The minimum absolute atomic E-state index is 0.00416. The molecule has 6 heteroatoms. The number of hydrogen-bond donors (Lipinski definition) is 0. The van der Waals surface area contributed by atoms with Gasteiger partial charge in [0.15, 0.2) is 0 Å². The number of esters is 1. The van der Waals surface area contributed by atoms with Gasteiger partial charge in [-0.25, -0.2) is 9.18 Å². The number of carbonyl (C=O) groups is 2. The van der Waals surface area contributed by atoms with Crippen LogP contribution in [0, 0.1) is 0 Å². The summed E-state index contributed by atoms with van der Waals surface area (Å²) in [5.74, 6) is -2.29. The van der Waals surface area contributed by atoms with E-state index in [1.807, 2.05) is 0 Å². The molecule has 0 radical (unpaired) electrons. The summed E-state index contributed by atoms with van der Waals surface area (Å²) in [7, 11) is 0. The number of hydrogen-bond acceptors (Lipinski definition) is 3. The Labute approximate surface area is 107 Å². The van der Waals surface area contributed by atoms with E-state index >= 15 is 0 Å². The highest BCUT2D eigenvalue weighted by Gasteiger charge is 2.29. The molecule has 0 bridgehead atoms. The summed E-state index contributed by atoms with van der Waals surface area (Å²) in [6.07, 6.45) is -2.38. The van der Waals surface area contributed by atoms with Gasteiger partial charge in [-0.3, -0.25) is 4.79 Å². The second-order valence-corrected chi connectivity index (χ2v) is 3.95. The van der Waals surface area contributed by atoms with Crippen LogP contribution in [-0.4, -0.2) is 24.5 Å². The van der Waals surface area contributed by atoms with Gasteiger partial charge in [0, 0.05) is 10.6 Å². The Balaban J connectivity index is 2.96. The van der Waals surface area contributed by atoms with Gasteiger partial charge in [-0.15, -0.1) is 0 Å². The first-order chi connectivity index (χ1) is 7.97. The lowest BCUT2D eigenvalue weighted by Gasteiger charge is -2.08. The molecular weight excluding hydrogens is 270 g/mol. The summed E-state index contributed by atoms with van der Waals surface area (Å²) in [5.41, 5.74) is -0.139. The van der Waals surface area contributed by atoms with E-state index in [-0.39, 0.29) is 22.2 Å². The van der Waals surface area contributed by atoms with E-state index in [2.05, 4.69) is 4.74 Å². The highest BCUT2D eigenvalue weighted by Crippen LogP contribution is 2.22. The van der Waals surface area contributed by atoms with Crippen molar-refractivity contribution in [3.05, 3.63) is 33.8 Å². The minimum atomic E-state index is -2.38. The molecule has 1 aromatic rings. The molecule has 0 heterocycles. The molecule has 0 saturated carbocycles. The molecule has 0 aliphatic carbocycles. The molecule has 0 N–H and O–H groups in total. The van der Waals surface area contributed by atoms with Crippen molar-refractivity contribution in [2.75, 3.05) is 6.61 Å². The van der Waals surface area contributed by atoms with E-state index < -0.39 is 17.9 Å². The average molecular weight is 279 g/mol. The van der Waals surface area contributed by atoms with Crippen LogP contribution in [0.15, 0.2) is 18.2 Å². The van der Waals surface area contributed by atoms with Gasteiger partial charge in [-0.05, 0) is 25.1 Å². The Hall–Kier alpha value is -1.13. The SMILES string of the molecule is CCOC(=O)C(F)C(=O)c1cc(Cl)ccc1Cl. The molecule has 0 aromatic heterocycles. The first kappa shape index (κ1) is 13.9. The Bertz CT molecular complexity index is 448. The van der Waals surface area contributed by atoms with Crippen LogP contribution in [0.1, 0.15) is 17.3 Å². The van der Waals surface area contributed by atoms with Crippen LogP contribution in [-0.2, 0) is 9.53 Å². The molecule has 0 aliphatic rings. The number of carbonyl (C=O) groups excluding carboxylic acids is 2. The van der Waals surface area contributed by atoms with Crippen molar-refractivity contribution < 1.29 is 18.7 Å². The maximum atomic E-state index is 13.4. The van der Waals surface area contributed by atoms with Gasteiger partial charge >= 0.3 is 5.97 Å². The molecular formula is C11H9Cl2FO3. The number of halogens is 3. The number of Topliss-reactive ketones (excluding diaryl/α,β-unsaturated/α-hetero) is 1. The van der Waals surface area contributed by atoms with E-state index in [0.29, 0.717) is 0 Å². The van der Waals surface area contributed by atoms with Crippen molar-refractivity contribution in [1.82, 2.24) is 0 Å². The quantitative estimate of drug-likeness (QED) is 0.483. The highest BCUT2D eigenvalue weighted by molar-refractivity contribution is 6.36. The molecule has 92 valence electrons. The second kappa shape index (κ2) is 5.98. The van der Waals surface area contributed by atoms with Gasteiger partial charge in [0.25, 0.3) is 6.17 Å². The van der Waals surface area contributed by atoms with Crippen LogP contribution >= 0.6 is 23.2 Å². The second-order valence-electron chi connectivity index (χ2n) is 3.10. The summed E-state index contributed by atoms with van der Waals surface area (Å²) in [4.78, 5) is 22.7. The van der Waals surface area contributed by atoms with E-state index in [1.165, 1.54) is 25.1 Å². The zero-order valence-corrected chi connectivity index (χ0v) is 10.4. The number of ether oxygens (including phenoxy) is 1. The lowest BCUT2D eigenvalue weighted by molar-refractivity contribution is -0.147. The predicted octanol–water partition coefficient (Wildman–Crippen LogP) is 3.08. The fourth-order valence-corrected chi connectivity index (χ4v) is 1.53. The number of alkyl halides is 1. The topological polar surface area (TPSA) is 43.4 Å². The Morgan fingerprint density at radius 2 is 2.06 bits per heavy atom. The molecule has 1 atom stereocenters. The summed E-state index contributed by atoms with van der Waals surface area (Å²) < 4.78 is 17.9. The first-order valence-corrected chi connectivity index (χ1v) is 5.53. The molecule has 1 aromatic carbocycles. The van der Waals surface area contributed by atoms with Crippen LogP contribution in [0.4, 0.5) is 4.39 Å². The molecule has 0 fully saturated rings. The van der Waals surface area contributed by atoms with Crippen LogP contribution < -0.4 is 0 Å². The third-order valence-corrected chi connectivity index (χ3v) is 2.48. The number of benzene rings is 1. The first-order valence-electron chi connectivity index (χ1n) is 4.77. The molecule has 17 heavy (non-hydrogen) atoms. The van der Waals surface area contributed by atoms with Gasteiger partial charge < -0.3 is 4.74 Å². The fourth-order valence-electron chi connectivity index (χ4n) is 1.15. The lowest BCUT2D eigenvalue weighted by Crippen LogP contribution is -2.28. The average Bonchev–Trinajstić information content (AvgIpc) is 2.30. The molecule has 0 aliphatic heterocycles. The predicted molar refractivity (Wildman–Crippen MR) is 62.3 cm³/mol. The largest absolute Gasteiger partial charge is 0.463 e. The van der Waals surface area contributed by atoms with Gasteiger partial charge in [0.05, 0.1) is 11.6 Å². The van der Waals surface area contributed by atoms with Crippen LogP contribution in [0.2, 0.25) is 10.0 Å². The summed E-state index contributed by atoms with van der Waals surface area (Å²) in [5, 5.41) is 0.264. The maximum Gasteiger partial charge on any atom is 0.349 e. The fraction of sp³-hybridized carbons (Fsp3) is 0.273. The van der Waals surface area contributed by atoms with Crippen molar-refractivity contribution >= 4 is 35.0 Å². The summed E-state index contributed by atoms with van der Waals surface area (Å²) in [6, 6.07) is 4.02. The van der Waals surface area contributed by atoms with E-state index in [0.717, 1.165) is 0 Å². The molecule has 0 saturated heterocycles. The van der Waals surface area contributed by atoms with Crippen molar-refractivity contribution in [2.24, 2.45) is 0 Å². The Kier molecular flexibility index (Phi) is 4.90. The standard InChI is InChI=1S/C11H9Cl2FO3/c1-2-17-11(16)9(14)10(15)7-5-6(12)3-4-8(7)13/h3-5,9H,2H2,1H3. The van der Waals surface area contributed by atoms with E-state index in [9.17, 15) is 14.0 Å². The van der Waals surface area contributed by atoms with Crippen LogP contribution in [0.3, 0.4) is 0 Å². The monoisotopic (exact) mass is 278 g/mol. The highest BCUT2D eigenvalue weighted by atomic mass is 35.5. The van der Waals surface area contributed by atoms with Crippen LogP contribution in [0.5, 0.6) is 0 Å². The lowest BCUT2D eigenvalue weighted by atomic mass is 10.1. The van der Waals surface area contributed by atoms with Crippen LogP contribution in [0.25, 0.3) is 0 Å². The number of rotatable bonds is 4. The minimum Gasteiger partial charge on any atom is -0.463 e. The van der Waals surface area contributed by atoms with Gasteiger partial charge in [0.1, 0.15) is 0 Å². The smallest absolute Gasteiger partial charge is 0.349 e. The summed E-state index contributed by atoms with van der Waals surface area (Å²) in [6.45, 7) is 1.51. The van der Waals surface area contributed by atoms with E-state index in [4.69, 9.17) is 23.2 Å². The molecule has 0 spiro atoms. The zero-order valence-electron chi connectivity index (χ0n) is 8.88. The third-order valence-electron chi connectivity index (χ3n) is 1.92. The molecule has 0 amide bonds. The Morgan fingerprint density at radius 3 is 2.65 bits per heavy atom. The zero-order chi connectivity index (χ0) is 13.0. The van der Waals surface area contributed by atoms with Crippen molar-refractivity contribution in [3.63, 3.8) is 0 Å². The maximum absolute atomic E-state index is 13.4. The van der Waals surface area contributed by atoms with Gasteiger partial charge in [-0.2, -0.15) is 0 Å². The normalized spacial score (nSPS) is 12.0.